The number of allylic oxidation sites excluding steroid dienone is 2. The van der Waals surface area contributed by atoms with Crippen molar-refractivity contribution < 1.29 is 19.0 Å². The molecule has 23 heavy (non-hydrogen) atoms. The molecule has 0 aliphatic carbocycles. The lowest BCUT2D eigenvalue weighted by Gasteiger charge is -2.13. The van der Waals surface area contributed by atoms with Crippen LogP contribution in [0.3, 0.4) is 0 Å². The van der Waals surface area contributed by atoms with Gasteiger partial charge in [-0.1, -0.05) is 24.3 Å². The predicted octanol–water partition coefficient (Wildman–Crippen LogP) is 4.39. The van der Waals surface area contributed by atoms with E-state index in [9.17, 15) is 4.79 Å². The molecule has 0 unspecified atom stereocenters. The molecule has 1 heterocycles. The number of fused-ring (bicyclic) bond motifs is 1. The number of hydrogen-bond acceptors (Lipinski definition) is 4. The van der Waals surface area contributed by atoms with Gasteiger partial charge in [-0.3, -0.25) is 0 Å². The van der Waals surface area contributed by atoms with Crippen molar-refractivity contribution in [2.24, 2.45) is 0 Å². The Kier molecular flexibility index (Phi) is 6.73. The third-order valence-electron chi connectivity index (χ3n) is 3.74. The van der Waals surface area contributed by atoms with Crippen molar-refractivity contribution in [3.8, 4) is 11.5 Å². The molecule has 0 N–H and O–H groups in total. The summed E-state index contributed by atoms with van der Waals surface area (Å²) < 4.78 is 16.0. The molecule has 0 atom stereocenters. The maximum absolute atomic E-state index is 12.5. The van der Waals surface area contributed by atoms with Gasteiger partial charge < -0.3 is 14.2 Å². The van der Waals surface area contributed by atoms with Crippen molar-refractivity contribution >= 4 is 12.0 Å². The number of rotatable bonds is 2. The van der Waals surface area contributed by atoms with E-state index in [-0.39, 0.29) is 5.97 Å². The summed E-state index contributed by atoms with van der Waals surface area (Å²) in [6.07, 6.45) is 13.3. The van der Waals surface area contributed by atoms with E-state index in [0.29, 0.717) is 23.7 Å². The molecule has 0 aromatic heterocycles. The highest BCUT2D eigenvalue weighted by atomic mass is 16.5. The number of cyclic esters (lactones) is 1. The normalized spacial score (nSPS) is 19.0. The summed E-state index contributed by atoms with van der Waals surface area (Å²) in [5.41, 5.74) is 1.21. The van der Waals surface area contributed by atoms with Crippen LogP contribution in [0.4, 0.5) is 0 Å². The van der Waals surface area contributed by atoms with Crippen LogP contribution in [0.25, 0.3) is 6.08 Å². The van der Waals surface area contributed by atoms with E-state index in [0.717, 1.165) is 37.7 Å². The third-order valence-corrected chi connectivity index (χ3v) is 3.74. The first-order valence-corrected chi connectivity index (χ1v) is 8.01. The first kappa shape index (κ1) is 17.1. The van der Waals surface area contributed by atoms with E-state index in [4.69, 9.17) is 14.2 Å². The summed E-state index contributed by atoms with van der Waals surface area (Å²) in [5.74, 6) is 0.758. The topological polar surface area (TPSA) is 44.8 Å². The number of hydrogen-bond donors (Lipinski definition) is 0. The summed E-state index contributed by atoms with van der Waals surface area (Å²) in [7, 11) is 3.14. The molecule has 1 aliphatic rings. The van der Waals surface area contributed by atoms with Gasteiger partial charge >= 0.3 is 5.97 Å². The number of benzene rings is 1. The van der Waals surface area contributed by atoms with Gasteiger partial charge in [0.25, 0.3) is 0 Å². The van der Waals surface area contributed by atoms with Crippen molar-refractivity contribution in [1.82, 2.24) is 0 Å². The predicted molar refractivity (Wildman–Crippen MR) is 91.1 cm³/mol. The molecule has 4 heteroatoms. The van der Waals surface area contributed by atoms with E-state index in [1.807, 2.05) is 12.1 Å². The first-order valence-electron chi connectivity index (χ1n) is 8.01. The van der Waals surface area contributed by atoms with Crippen LogP contribution in [-0.2, 0) is 4.74 Å². The van der Waals surface area contributed by atoms with Gasteiger partial charge in [-0.2, -0.15) is 0 Å². The minimum absolute atomic E-state index is 0.366. The van der Waals surface area contributed by atoms with Gasteiger partial charge in [0, 0.05) is 6.07 Å². The molecule has 0 spiro atoms. The van der Waals surface area contributed by atoms with Crippen LogP contribution in [0, 0.1) is 0 Å². The molecular formula is C19H24O4. The molecule has 0 saturated carbocycles. The lowest BCUT2D eigenvalue weighted by molar-refractivity contribution is 0.0507. The monoisotopic (exact) mass is 316 g/mol. The van der Waals surface area contributed by atoms with E-state index < -0.39 is 0 Å². The molecule has 2 rings (SSSR count). The largest absolute Gasteiger partial charge is 0.497 e. The lowest BCUT2D eigenvalue weighted by atomic mass is 10.0. The zero-order valence-electron chi connectivity index (χ0n) is 13.8. The first-order chi connectivity index (χ1) is 11.3. The molecule has 1 aromatic rings. The average Bonchev–Trinajstić information content (AvgIpc) is 2.57. The molecule has 124 valence electrons. The fraction of sp³-hybridized carbons (Fsp3) is 0.421. The van der Waals surface area contributed by atoms with Crippen LogP contribution in [0.5, 0.6) is 11.5 Å². The zero-order chi connectivity index (χ0) is 16.5. The zero-order valence-corrected chi connectivity index (χ0v) is 13.8. The maximum atomic E-state index is 12.5. The summed E-state index contributed by atoms with van der Waals surface area (Å²) in [5, 5.41) is 0. The van der Waals surface area contributed by atoms with E-state index in [1.54, 1.807) is 20.3 Å². The van der Waals surface area contributed by atoms with E-state index in [1.165, 1.54) is 0 Å². The lowest BCUT2D eigenvalue weighted by Crippen LogP contribution is -2.10. The van der Waals surface area contributed by atoms with Crippen LogP contribution >= 0.6 is 0 Å². The van der Waals surface area contributed by atoms with Crippen LogP contribution in [0.2, 0.25) is 0 Å². The Bertz CT molecular complexity index is 587. The minimum atomic E-state index is -0.366. The Morgan fingerprint density at radius 3 is 2.43 bits per heavy atom. The molecule has 0 saturated heterocycles. The Morgan fingerprint density at radius 1 is 0.957 bits per heavy atom. The summed E-state index contributed by atoms with van der Waals surface area (Å²) in [4.78, 5) is 12.5. The van der Waals surface area contributed by atoms with Crippen LogP contribution in [-0.4, -0.2) is 26.8 Å². The highest BCUT2D eigenvalue weighted by Crippen LogP contribution is 2.30. The van der Waals surface area contributed by atoms with Crippen LogP contribution in [0.1, 0.15) is 48.0 Å². The third kappa shape index (κ3) is 4.88. The molecular weight excluding hydrogens is 292 g/mol. The van der Waals surface area contributed by atoms with Gasteiger partial charge in [-0.15, -0.1) is 0 Å². The quantitative estimate of drug-likeness (QED) is 0.599. The number of methoxy groups -OCH3 is 2. The second-order valence-corrected chi connectivity index (χ2v) is 5.38. The molecule has 0 fully saturated rings. The van der Waals surface area contributed by atoms with Crippen molar-refractivity contribution in [1.29, 1.82) is 0 Å². The Labute approximate surface area is 137 Å². The number of carbonyl (C=O) groups excluding carboxylic acids is 1. The van der Waals surface area contributed by atoms with E-state index in [2.05, 4.69) is 18.2 Å². The Morgan fingerprint density at radius 2 is 1.70 bits per heavy atom. The van der Waals surface area contributed by atoms with Gasteiger partial charge in [0.05, 0.1) is 20.8 Å². The van der Waals surface area contributed by atoms with Crippen molar-refractivity contribution in [2.75, 3.05) is 20.8 Å². The number of carbonyl (C=O) groups is 1. The van der Waals surface area contributed by atoms with Crippen molar-refractivity contribution in [2.45, 2.75) is 32.1 Å². The fourth-order valence-corrected chi connectivity index (χ4v) is 2.50. The Hall–Kier alpha value is -2.23. The summed E-state index contributed by atoms with van der Waals surface area (Å²) in [6.45, 7) is 0.369. The fourth-order valence-electron chi connectivity index (χ4n) is 2.50. The van der Waals surface area contributed by atoms with E-state index >= 15 is 0 Å². The van der Waals surface area contributed by atoms with Crippen LogP contribution < -0.4 is 9.47 Å². The molecule has 0 radical (unpaired) electrons. The maximum Gasteiger partial charge on any atom is 0.342 e. The average molecular weight is 316 g/mol. The summed E-state index contributed by atoms with van der Waals surface area (Å²) >= 11 is 0. The van der Waals surface area contributed by atoms with Crippen LogP contribution in [0.15, 0.2) is 30.4 Å². The van der Waals surface area contributed by atoms with Crippen molar-refractivity contribution in [3.05, 3.63) is 41.5 Å². The van der Waals surface area contributed by atoms with Gasteiger partial charge in [-0.25, -0.2) is 4.79 Å². The Balaban J connectivity index is 2.37. The number of esters is 1. The second-order valence-electron chi connectivity index (χ2n) is 5.38. The van der Waals surface area contributed by atoms with Crippen molar-refractivity contribution in [3.63, 3.8) is 0 Å². The smallest absolute Gasteiger partial charge is 0.342 e. The molecule has 1 aliphatic heterocycles. The number of ether oxygens (including phenoxy) is 3. The van der Waals surface area contributed by atoms with Gasteiger partial charge in [0.1, 0.15) is 17.1 Å². The van der Waals surface area contributed by atoms with Gasteiger partial charge in [0.2, 0.25) is 0 Å². The SMILES string of the molecule is COc1cc2c(c(OC)c1)C(=O)OCC/C=C/CCCC/C=C/2. The summed E-state index contributed by atoms with van der Waals surface area (Å²) in [6, 6.07) is 3.54. The van der Waals surface area contributed by atoms with Gasteiger partial charge in [-0.05, 0) is 43.7 Å². The highest BCUT2D eigenvalue weighted by molar-refractivity contribution is 5.97. The standard InChI is InChI=1S/C19H24O4/c1-21-16-13-15-11-9-7-5-3-4-6-8-10-12-23-19(20)18(15)17(14-16)22-2/h6,8-9,11,13-14H,3-5,7,10,12H2,1-2H3/b8-6+,11-9+. The van der Waals surface area contributed by atoms with Gasteiger partial charge in [0.15, 0.2) is 0 Å². The molecule has 4 nitrogen and oxygen atoms in total. The molecule has 1 aromatic carbocycles. The highest BCUT2D eigenvalue weighted by Gasteiger charge is 2.19. The molecule has 0 bridgehead atoms. The molecule has 0 amide bonds. The second kappa shape index (κ2) is 9.03. The minimum Gasteiger partial charge on any atom is -0.497 e.